The number of likely N-dealkylation sites (N-methyl/N-ethyl adjacent to an activating group) is 1. The Balaban J connectivity index is 4.15. The summed E-state index contributed by atoms with van der Waals surface area (Å²) in [7, 11) is 5.92. The van der Waals surface area contributed by atoms with Gasteiger partial charge in [0.1, 0.15) is 13.2 Å². The fraction of sp³-hybridized carbons (Fsp3) is 0.663. The first-order valence-electron chi connectivity index (χ1n) is 38.6. The number of hydrogen-bond acceptors (Lipinski definition) is 8. The van der Waals surface area contributed by atoms with Crippen molar-refractivity contribution in [3.05, 3.63) is 158 Å². The Morgan fingerprint density at radius 2 is 0.600 bits per heavy atom. The molecule has 9 nitrogen and oxygen atoms in total. The summed E-state index contributed by atoms with van der Waals surface area (Å²) in [6.45, 7) is 4.61. The quantitative estimate of drug-likeness (QED) is 0.0195. The van der Waals surface area contributed by atoms with E-state index in [4.69, 9.17) is 18.9 Å². The molecule has 0 aliphatic rings. The van der Waals surface area contributed by atoms with E-state index < -0.39 is 24.3 Å². The van der Waals surface area contributed by atoms with Crippen LogP contribution in [-0.2, 0) is 33.3 Å². The molecule has 0 N–H and O–H groups in total. The van der Waals surface area contributed by atoms with Gasteiger partial charge in [-0.2, -0.15) is 0 Å². The van der Waals surface area contributed by atoms with Crippen LogP contribution in [0.4, 0.5) is 0 Å². The van der Waals surface area contributed by atoms with Gasteiger partial charge in [-0.1, -0.05) is 326 Å². The number of unbranched alkanes of at least 4 members (excludes halogenated alkanes) is 29. The Hall–Kier alpha value is -5.09. The molecule has 0 rings (SSSR count). The molecule has 0 spiro atoms. The van der Waals surface area contributed by atoms with E-state index in [1.54, 1.807) is 0 Å². The largest absolute Gasteiger partial charge is 0.545 e. The maximum atomic E-state index is 13.0. The lowest BCUT2D eigenvalue weighted by Gasteiger charge is -2.26. The summed E-state index contributed by atoms with van der Waals surface area (Å²) in [5.74, 6) is -2.31. The van der Waals surface area contributed by atoms with Crippen LogP contribution in [0, 0.1) is 0 Å². The zero-order chi connectivity index (χ0) is 69.0. The van der Waals surface area contributed by atoms with Gasteiger partial charge in [0.2, 0.25) is 0 Å². The average molecular weight is 1320 g/mol. The molecule has 0 saturated carbocycles. The number of carboxylic acids is 1. The number of carbonyl (C=O) groups excluding carboxylic acids is 3. The third-order valence-electron chi connectivity index (χ3n) is 16.3. The van der Waals surface area contributed by atoms with Crippen LogP contribution in [0.15, 0.2) is 158 Å². The zero-order valence-electron chi connectivity index (χ0n) is 61.7. The number of carbonyl (C=O) groups is 3. The SMILES string of the molecule is CC/C=C\C/C=C\C/C=C\C/C=C\C/C=C\C/C=C\C/C=C\C/C=C\C/C=C\C/C=C\CCCCCCCCC(=O)OC(COC(=O)CCCCCCCCCCCCCCCCCCCC/C=C\C/C=C\C/C=C\CCCCCCC)COC(OCC[N+](C)(C)C)C(=O)[O-]. The van der Waals surface area contributed by atoms with Crippen LogP contribution in [0.25, 0.3) is 0 Å². The van der Waals surface area contributed by atoms with Crippen molar-refractivity contribution in [1.82, 2.24) is 0 Å². The fourth-order valence-electron chi connectivity index (χ4n) is 10.4. The van der Waals surface area contributed by atoms with Crippen molar-refractivity contribution in [3.63, 3.8) is 0 Å². The summed E-state index contributed by atoms with van der Waals surface area (Å²) in [6, 6.07) is 0. The minimum absolute atomic E-state index is 0.138. The molecular formula is C86H143NO8. The molecule has 0 aromatic heterocycles. The second kappa shape index (κ2) is 74.7. The molecule has 0 aromatic carbocycles. The van der Waals surface area contributed by atoms with Gasteiger partial charge >= 0.3 is 11.9 Å². The summed E-state index contributed by atoms with van der Waals surface area (Å²) in [6.07, 6.45) is 108. The highest BCUT2D eigenvalue weighted by molar-refractivity contribution is 5.70. The monoisotopic (exact) mass is 1320 g/mol. The highest BCUT2D eigenvalue weighted by Gasteiger charge is 2.22. The lowest BCUT2D eigenvalue weighted by atomic mass is 10.0. The van der Waals surface area contributed by atoms with E-state index in [2.05, 4.69) is 172 Å². The molecule has 0 heterocycles. The van der Waals surface area contributed by atoms with Crippen molar-refractivity contribution in [2.24, 2.45) is 0 Å². The van der Waals surface area contributed by atoms with Crippen LogP contribution in [0.2, 0.25) is 0 Å². The van der Waals surface area contributed by atoms with Gasteiger partial charge in [-0.15, -0.1) is 0 Å². The summed E-state index contributed by atoms with van der Waals surface area (Å²) < 4.78 is 22.8. The molecule has 540 valence electrons. The van der Waals surface area contributed by atoms with Gasteiger partial charge in [-0.25, -0.2) is 0 Å². The van der Waals surface area contributed by atoms with E-state index in [9.17, 15) is 19.5 Å². The molecule has 0 fully saturated rings. The maximum absolute atomic E-state index is 13.0. The van der Waals surface area contributed by atoms with Gasteiger partial charge in [0.15, 0.2) is 12.4 Å². The van der Waals surface area contributed by atoms with Crippen molar-refractivity contribution in [2.45, 2.75) is 322 Å². The normalized spacial score (nSPS) is 13.6. The third kappa shape index (κ3) is 76.1. The third-order valence-corrected chi connectivity index (χ3v) is 16.3. The number of nitrogens with zero attached hydrogens (tertiary/aromatic N) is 1. The number of quaternary nitrogens is 1. The van der Waals surface area contributed by atoms with Crippen molar-refractivity contribution in [3.8, 4) is 0 Å². The molecule has 0 aromatic rings. The Morgan fingerprint density at radius 3 is 0.895 bits per heavy atom. The lowest BCUT2D eigenvalue weighted by molar-refractivity contribution is -0.870. The second-order valence-electron chi connectivity index (χ2n) is 26.6. The average Bonchev–Trinajstić information content (AvgIpc) is 3.75. The van der Waals surface area contributed by atoms with E-state index >= 15 is 0 Å². The zero-order valence-corrected chi connectivity index (χ0v) is 61.7. The molecule has 0 bridgehead atoms. The Bertz CT molecular complexity index is 2130. The molecule has 0 aliphatic carbocycles. The second-order valence-corrected chi connectivity index (χ2v) is 26.6. The van der Waals surface area contributed by atoms with Crippen LogP contribution in [0.3, 0.4) is 0 Å². The summed E-state index contributed by atoms with van der Waals surface area (Å²) in [5, 5.41) is 11.9. The summed E-state index contributed by atoms with van der Waals surface area (Å²) in [5.41, 5.74) is 0. The van der Waals surface area contributed by atoms with Crippen molar-refractivity contribution in [2.75, 3.05) is 47.5 Å². The molecule has 9 heteroatoms. The van der Waals surface area contributed by atoms with Gasteiger partial charge in [-0.05, 0) is 128 Å². The smallest absolute Gasteiger partial charge is 0.306 e. The van der Waals surface area contributed by atoms with E-state index in [1.165, 1.54) is 141 Å². The van der Waals surface area contributed by atoms with Gasteiger partial charge < -0.3 is 33.3 Å². The van der Waals surface area contributed by atoms with E-state index in [0.29, 0.717) is 17.4 Å². The highest BCUT2D eigenvalue weighted by Crippen LogP contribution is 2.17. The minimum atomic E-state index is -1.64. The molecule has 2 unspecified atom stereocenters. The minimum Gasteiger partial charge on any atom is -0.545 e. The number of rotatable bonds is 70. The standard InChI is InChI=1S/C86H143NO8/c1-6-8-10-12-14-16-18-20-22-24-26-28-30-32-34-36-38-40-41-42-43-45-47-49-51-53-55-57-59-61-63-65-67-69-71-73-75-77-84(89)95-82(81-94-86(85(90)91)92-79-78-87(3,4)5)80-93-83(88)76-74-72-70-68-66-64-62-60-58-56-54-52-50-48-46-44-39-37-35-33-31-29-27-25-23-21-19-17-15-13-11-9-7-2/h8,10,14,16,19-22,25-28,31-34,38,40,42-43,47,49,53,55,59,61,82,86H,6-7,9,11-13,15,17-18,23-24,29-30,35-37,39,41,44-46,48,50-52,54,56-58,60,62-81H2,1-5H3/b10-8-,16-14-,21-19-,22-20-,27-25-,28-26-,33-31-,34-32-,40-38-,43-42-,49-47-,55-53-,61-59-. The van der Waals surface area contributed by atoms with Gasteiger partial charge in [0.25, 0.3) is 0 Å². The molecule has 95 heavy (non-hydrogen) atoms. The van der Waals surface area contributed by atoms with Gasteiger partial charge in [0.05, 0.1) is 40.3 Å². The summed E-state index contributed by atoms with van der Waals surface area (Å²) >= 11 is 0. The molecular weight excluding hydrogens is 1170 g/mol. The molecule has 0 saturated heterocycles. The van der Waals surface area contributed by atoms with Crippen LogP contribution in [-0.4, -0.2) is 82.3 Å². The lowest BCUT2D eigenvalue weighted by Crippen LogP contribution is -2.44. The fourth-order valence-corrected chi connectivity index (χ4v) is 10.4. The number of hydrogen-bond donors (Lipinski definition) is 0. The van der Waals surface area contributed by atoms with Crippen molar-refractivity contribution in [1.29, 1.82) is 0 Å². The Labute approximate surface area is 584 Å². The molecule has 2 atom stereocenters. The van der Waals surface area contributed by atoms with Crippen LogP contribution in [0.5, 0.6) is 0 Å². The number of allylic oxidation sites excluding steroid dienone is 26. The number of esters is 2. The van der Waals surface area contributed by atoms with E-state index in [0.717, 1.165) is 135 Å². The topological polar surface area (TPSA) is 111 Å². The van der Waals surface area contributed by atoms with E-state index in [-0.39, 0.29) is 38.6 Å². The van der Waals surface area contributed by atoms with Crippen molar-refractivity contribution < 1.29 is 42.9 Å². The van der Waals surface area contributed by atoms with Crippen LogP contribution in [0.1, 0.15) is 309 Å². The van der Waals surface area contributed by atoms with Crippen LogP contribution < -0.4 is 5.11 Å². The van der Waals surface area contributed by atoms with E-state index in [1.807, 2.05) is 21.1 Å². The predicted octanol–water partition coefficient (Wildman–Crippen LogP) is 23.5. The molecule has 0 aliphatic heterocycles. The Kier molecular flexibility index (Phi) is 70.7. The molecule has 0 amide bonds. The summed E-state index contributed by atoms with van der Waals surface area (Å²) in [4.78, 5) is 37.6. The first kappa shape index (κ1) is 89.9. The van der Waals surface area contributed by atoms with Gasteiger partial charge in [-0.3, -0.25) is 9.59 Å². The maximum Gasteiger partial charge on any atom is 0.306 e. The van der Waals surface area contributed by atoms with Gasteiger partial charge in [0, 0.05) is 12.8 Å². The first-order valence-corrected chi connectivity index (χ1v) is 38.6. The van der Waals surface area contributed by atoms with Crippen molar-refractivity contribution >= 4 is 17.9 Å². The Morgan fingerprint density at radius 1 is 0.326 bits per heavy atom. The highest BCUT2D eigenvalue weighted by atomic mass is 16.7. The number of ether oxygens (including phenoxy) is 4. The predicted molar refractivity (Wildman–Crippen MR) is 407 cm³/mol. The number of carboxylic acid groups (broad SMARTS) is 1. The molecule has 0 radical (unpaired) electrons. The number of aliphatic carboxylic acids is 1. The first-order chi connectivity index (χ1) is 46.6. The van der Waals surface area contributed by atoms with Crippen LogP contribution >= 0.6 is 0 Å².